The van der Waals surface area contributed by atoms with Gasteiger partial charge in [0.25, 0.3) is 5.91 Å². The number of hydrogen-bond donors (Lipinski definition) is 4. The highest BCUT2D eigenvalue weighted by atomic mass is 16.5. The molecule has 1 heterocycles. The summed E-state index contributed by atoms with van der Waals surface area (Å²) in [6.07, 6.45) is 3.42. The number of benzene rings is 1. The van der Waals surface area contributed by atoms with Crippen LogP contribution in [-0.4, -0.2) is 78.0 Å². The van der Waals surface area contributed by atoms with E-state index >= 15 is 0 Å². The molecule has 5 N–H and O–H groups in total. The van der Waals surface area contributed by atoms with Crippen molar-refractivity contribution >= 4 is 35.3 Å². The van der Waals surface area contributed by atoms with Crippen LogP contribution in [0.2, 0.25) is 0 Å². The highest BCUT2D eigenvalue weighted by molar-refractivity contribution is 6.37. The SMILES string of the molecule is C=C(C)[C@H](NC(=O)N[C@H](C(=O)N1CC[C@H](C(C)CC)[C@H]1C(=O)NC(CC1CC1)C(=O)C(N)=O)C(C)(C)C)C(=O)c1ccccc1OC. The van der Waals surface area contributed by atoms with Gasteiger partial charge in [-0.25, -0.2) is 4.79 Å². The van der Waals surface area contributed by atoms with Crippen molar-refractivity contribution < 1.29 is 33.5 Å². The summed E-state index contributed by atoms with van der Waals surface area (Å²) >= 11 is 0. The molecule has 5 amide bonds. The summed E-state index contributed by atoms with van der Waals surface area (Å²) in [5, 5.41) is 8.20. The minimum atomic E-state index is -1.12. The number of nitrogens with one attached hydrogen (secondary N) is 3. The van der Waals surface area contributed by atoms with Gasteiger partial charge in [-0.3, -0.25) is 24.0 Å². The zero-order chi connectivity index (χ0) is 35.2. The van der Waals surface area contributed by atoms with Crippen LogP contribution in [0, 0.1) is 23.2 Å². The number of carbonyl (C=O) groups excluding carboxylic acids is 6. The number of amides is 5. The minimum Gasteiger partial charge on any atom is -0.496 e. The van der Waals surface area contributed by atoms with Gasteiger partial charge in [0.1, 0.15) is 23.9 Å². The lowest BCUT2D eigenvalue weighted by Gasteiger charge is -2.37. The molecule has 1 aliphatic carbocycles. The number of urea groups is 1. The first kappa shape index (κ1) is 37.2. The average Bonchev–Trinajstić information content (AvgIpc) is 3.73. The quantitative estimate of drug-likeness (QED) is 0.128. The second-order valence-corrected chi connectivity index (χ2v) is 14.0. The third-order valence-electron chi connectivity index (χ3n) is 9.30. The van der Waals surface area contributed by atoms with Gasteiger partial charge in [0.15, 0.2) is 5.78 Å². The zero-order valence-electron chi connectivity index (χ0n) is 28.7. The van der Waals surface area contributed by atoms with E-state index in [4.69, 9.17) is 10.5 Å². The van der Waals surface area contributed by atoms with Gasteiger partial charge in [0, 0.05) is 6.54 Å². The fourth-order valence-electron chi connectivity index (χ4n) is 6.18. The maximum atomic E-state index is 14.3. The Bertz CT molecular complexity index is 1380. The molecule has 12 nitrogen and oxygen atoms in total. The lowest BCUT2D eigenvalue weighted by molar-refractivity contribution is -0.144. The Kier molecular flexibility index (Phi) is 12.3. The topological polar surface area (TPSA) is 177 Å². The number of nitrogens with zero attached hydrogens (tertiary/aromatic N) is 1. The molecule has 2 unspecified atom stereocenters. The maximum absolute atomic E-state index is 14.3. The van der Waals surface area contributed by atoms with Crippen molar-refractivity contribution in [3.8, 4) is 5.75 Å². The van der Waals surface area contributed by atoms with E-state index in [9.17, 15) is 28.8 Å². The molecule has 3 rings (SSSR count). The molecule has 6 atom stereocenters. The fraction of sp³-hybridized carbons (Fsp3) is 0.600. The number of methoxy groups -OCH3 is 1. The number of Topliss-reactive ketones (excluding diaryl/α,β-unsaturated/α-hetero) is 2. The molecule has 1 saturated carbocycles. The summed E-state index contributed by atoms with van der Waals surface area (Å²) in [4.78, 5) is 81.1. The van der Waals surface area contributed by atoms with Gasteiger partial charge in [-0.15, -0.1) is 0 Å². The van der Waals surface area contributed by atoms with E-state index in [-0.39, 0.29) is 29.9 Å². The van der Waals surface area contributed by atoms with Gasteiger partial charge < -0.3 is 31.3 Å². The normalized spacial score (nSPS) is 20.3. The summed E-state index contributed by atoms with van der Waals surface area (Å²) in [5.41, 5.74) is 5.15. The number of carbonyl (C=O) groups is 6. The van der Waals surface area contributed by atoms with Crippen molar-refractivity contribution in [2.45, 2.75) is 97.8 Å². The minimum absolute atomic E-state index is 0.0685. The molecule has 1 aliphatic heterocycles. The first-order chi connectivity index (χ1) is 22.0. The number of ether oxygens (including phenoxy) is 1. The Hall–Kier alpha value is -4.22. The number of primary amides is 1. The van der Waals surface area contributed by atoms with E-state index in [1.807, 2.05) is 13.8 Å². The lowest BCUT2D eigenvalue weighted by atomic mass is 9.83. The third-order valence-corrected chi connectivity index (χ3v) is 9.30. The van der Waals surface area contributed by atoms with Gasteiger partial charge in [-0.2, -0.15) is 0 Å². The molecule has 1 aromatic carbocycles. The van der Waals surface area contributed by atoms with Gasteiger partial charge in [0.2, 0.25) is 17.6 Å². The molecule has 0 spiro atoms. The number of nitrogens with two attached hydrogens (primary N) is 1. The number of rotatable bonds is 15. The van der Waals surface area contributed by atoms with E-state index in [0.29, 0.717) is 24.2 Å². The van der Waals surface area contributed by atoms with Crippen LogP contribution in [0.1, 0.15) is 84.0 Å². The zero-order valence-corrected chi connectivity index (χ0v) is 28.7. The summed E-state index contributed by atoms with van der Waals surface area (Å²) in [6.45, 7) is 15.2. The van der Waals surface area contributed by atoms with Crippen LogP contribution >= 0.6 is 0 Å². The predicted octanol–water partition coefficient (Wildman–Crippen LogP) is 3.14. The van der Waals surface area contributed by atoms with Gasteiger partial charge in [-0.05, 0) is 55.1 Å². The Morgan fingerprint density at radius 2 is 1.68 bits per heavy atom. The van der Waals surface area contributed by atoms with E-state index < -0.39 is 64.9 Å². The standard InChI is InChI=1S/C35H51N5O7/c1-9-20(4)22-16-17-40(27(22)32(44)37-24(18-21-14-15-21)29(42)31(36)43)33(45)30(35(5,6)7)39-34(46)38-26(19(2)3)28(41)23-12-10-11-13-25(23)47-8/h10-13,20-22,24,26-27,30H,2,9,14-18H2,1,3-8H3,(H2,36,43)(H,37,44)(H2,38,39,46)/t20?,22-,24?,26+,27+,30-/m1/s1. The summed E-state index contributed by atoms with van der Waals surface area (Å²) in [5.74, 6) is -2.97. The Morgan fingerprint density at radius 3 is 2.21 bits per heavy atom. The van der Waals surface area contributed by atoms with Gasteiger partial charge >= 0.3 is 6.03 Å². The Balaban J connectivity index is 1.87. The fourth-order valence-corrected chi connectivity index (χ4v) is 6.18. The van der Waals surface area contributed by atoms with Crippen molar-refractivity contribution in [2.24, 2.45) is 28.9 Å². The van der Waals surface area contributed by atoms with Crippen LogP contribution in [-0.2, 0) is 19.2 Å². The van der Waals surface area contributed by atoms with E-state index in [2.05, 4.69) is 22.5 Å². The first-order valence-electron chi connectivity index (χ1n) is 16.4. The number of para-hydroxylation sites is 1. The van der Waals surface area contributed by atoms with Crippen LogP contribution in [0.4, 0.5) is 4.79 Å². The van der Waals surface area contributed by atoms with E-state index in [0.717, 1.165) is 19.3 Å². The van der Waals surface area contributed by atoms with Crippen LogP contribution < -0.4 is 26.4 Å². The smallest absolute Gasteiger partial charge is 0.316 e. The Labute approximate surface area is 277 Å². The first-order valence-corrected chi connectivity index (χ1v) is 16.4. The molecule has 2 fully saturated rings. The van der Waals surface area contributed by atoms with E-state index in [1.165, 1.54) is 12.0 Å². The highest BCUT2D eigenvalue weighted by Gasteiger charge is 2.48. The number of likely N-dealkylation sites (tertiary alicyclic amines) is 1. The molecule has 2 aliphatic rings. The molecular weight excluding hydrogens is 602 g/mol. The average molecular weight is 654 g/mol. The van der Waals surface area contributed by atoms with Crippen molar-refractivity contribution in [3.63, 3.8) is 0 Å². The number of hydrogen-bond acceptors (Lipinski definition) is 7. The molecule has 0 aromatic heterocycles. The van der Waals surface area contributed by atoms with Crippen molar-refractivity contribution in [3.05, 3.63) is 42.0 Å². The molecule has 1 saturated heterocycles. The highest BCUT2D eigenvalue weighted by Crippen LogP contribution is 2.36. The van der Waals surface area contributed by atoms with Gasteiger partial charge in [0.05, 0.1) is 18.7 Å². The Morgan fingerprint density at radius 1 is 1.04 bits per heavy atom. The van der Waals surface area contributed by atoms with Crippen LogP contribution in [0.25, 0.3) is 0 Å². The largest absolute Gasteiger partial charge is 0.496 e. The van der Waals surface area contributed by atoms with Crippen molar-refractivity contribution in [1.29, 1.82) is 0 Å². The number of ketones is 2. The molecule has 47 heavy (non-hydrogen) atoms. The maximum Gasteiger partial charge on any atom is 0.316 e. The van der Waals surface area contributed by atoms with Gasteiger partial charge in [-0.1, -0.05) is 78.2 Å². The van der Waals surface area contributed by atoms with E-state index in [1.54, 1.807) is 52.0 Å². The monoisotopic (exact) mass is 653 g/mol. The predicted molar refractivity (Wildman–Crippen MR) is 177 cm³/mol. The summed E-state index contributed by atoms with van der Waals surface area (Å²) in [6, 6.07) is 1.71. The lowest BCUT2D eigenvalue weighted by Crippen LogP contribution is -2.61. The van der Waals surface area contributed by atoms with Crippen molar-refractivity contribution in [1.82, 2.24) is 20.9 Å². The summed E-state index contributed by atoms with van der Waals surface area (Å²) in [7, 11) is 1.45. The van der Waals surface area contributed by atoms with Crippen molar-refractivity contribution in [2.75, 3.05) is 13.7 Å². The third kappa shape index (κ3) is 9.20. The molecular formula is C35H51N5O7. The molecule has 0 radical (unpaired) electrons. The molecule has 258 valence electrons. The summed E-state index contributed by atoms with van der Waals surface area (Å²) < 4.78 is 5.33. The van der Waals surface area contributed by atoms with Crippen LogP contribution in [0.3, 0.4) is 0 Å². The van der Waals surface area contributed by atoms with Crippen LogP contribution in [0.15, 0.2) is 36.4 Å². The molecule has 0 bridgehead atoms. The molecule has 1 aromatic rings. The second-order valence-electron chi connectivity index (χ2n) is 14.0. The second kappa shape index (κ2) is 15.6. The van der Waals surface area contributed by atoms with Crippen LogP contribution in [0.5, 0.6) is 5.75 Å². The molecule has 12 heteroatoms.